The summed E-state index contributed by atoms with van der Waals surface area (Å²) in [5.74, 6) is 5.90. The molecule has 0 aliphatic carbocycles. The van der Waals surface area contributed by atoms with Crippen molar-refractivity contribution in [1.29, 1.82) is 0 Å². The SMILES string of the molecule is CC/C=C(\C=C(/C)N1C(=O)C(CC(=O)NCCc2c[nH]c3ccccc23)SC1c1ccc(C#Cc2ccccc2)s1)C(=O)CN. The van der Waals surface area contributed by atoms with Crippen LogP contribution in [0.3, 0.4) is 0 Å². The second-order valence-corrected chi connectivity index (χ2v) is 13.1. The highest BCUT2D eigenvalue weighted by atomic mass is 32.2. The van der Waals surface area contributed by atoms with Crippen LogP contribution < -0.4 is 11.1 Å². The molecule has 0 spiro atoms. The number of nitrogens with one attached hydrogen (secondary N) is 2. The van der Waals surface area contributed by atoms with Gasteiger partial charge in [0.2, 0.25) is 11.8 Å². The Morgan fingerprint density at radius 3 is 2.62 bits per heavy atom. The first-order valence-corrected chi connectivity index (χ1v) is 16.7. The number of carbonyl (C=O) groups excluding carboxylic acids is 3. The van der Waals surface area contributed by atoms with Crippen molar-refractivity contribution in [1.82, 2.24) is 15.2 Å². The first-order chi connectivity index (χ1) is 21.9. The third-order valence-corrected chi connectivity index (χ3v) is 10.1. The molecule has 3 heterocycles. The zero-order chi connectivity index (χ0) is 31.8. The molecule has 1 fully saturated rings. The van der Waals surface area contributed by atoms with E-state index in [-0.39, 0.29) is 35.9 Å². The third kappa shape index (κ3) is 7.84. The summed E-state index contributed by atoms with van der Waals surface area (Å²) >= 11 is 2.98. The average Bonchev–Trinajstić information content (AvgIpc) is 3.77. The van der Waals surface area contributed by atoms with Crippen LogP contribution in [0.5, 0.6) is 0 Å². The molecule has 2 aromatic heterocycles. The highest BCUT2D eigenvalue weighted by Gasteiger charge is 2.43. The van der Waals surface area contributed by atoms with Crippen molar-refractivity contribution in [3.05, 3.63) is 117 Å². The first-order valence-electron chi connectivity index (χ1n) is 15.0. The van der Waals surface area contributed by atoms with Gasteiger partial charge in [-0.05, 0) is 61.7 Å². The van der Waals surface area contributed by atoms with Gasteiger partial charge in [0, 0.05) is 51.8 Å². The third-order valence-electron chi connectivity index (χ3n) is 7.45. The zero-order valence-electron chi connectivity index (χ0n) is 25.3. The summed E-state index contributed by atoms with van der Waals surface area (Å²) in [4.78, 5) is 46.3. The van der Waals surface area contributed by atoms with Crippen LogP contribution in [0.4, 0.5) is 0 Å². The number of ketones is 1. The van der Waals surface area contributed by atoms with E-state index in [2.05, 4.69) is 28.2 Å². The molecule has 2 atom stereocenters. The van der Waals surface area contributed by atoms with Crippen molar-refractivity contribution in [2.75, 3.05) is 13.1 Å². The lowest BCUT2D eigenvalue weighted by Crippen LogP contribution is -2.34. The van der Waals surface area contributed by atoms with Gasteiger partial charge < -0.3 is 16.0 Å². The fraction of sp³-hybridized carbons (Fsp3) is 0.250. The van der Waals surface area contributed by atoms with Crippen LogP contribution in [0, 0.1) is 11.8 Å². The molecular weight excluding hydrogens is 601 g/mol. The highest BCUT2D eigenvalue weighted by molar-refractivity contribution is 8.01. The summed E-state index contributed by atoms with van der Waals surface area (Å²) in [6.45, 7) is 4.13. The Hall–Kier alpha value is -4.36. The molecule has 4 N–H and O–H groups in total. The molecule has 2 amide bonds. The van der Waals surface area contributed by atoms with E-state index in [9.17, 15) is 14.4 Å². The van der Waals surface area contributed by atoms with E-state index in [0.717, 1.165) is 31.8 Å². The lowest BCUT2D eigenvalue weighted by Gasteiger charge is -2.24. The van der Waals surface area contributed by atoms with E-state index in [1.54, 1.807) is 11.0 Å². The number of aromatic nitrogens is 1. The molecule has 0 saturated carbocycles. The van der Waals surface area contributed by atoms with Gasteiger partial charge in [0.05, 0.1) is 16.7 Å². The second kappa shape index (κ2) is 15.1. The molecule has 4 aromatic rings. The summed E-state index contributed by atoms with van der Waals surface area (Å²) in [5.41, 5.74) is 9.90. The zero-order valence-corrected chi connectivity index (χ0v) is 27.0. The van der Waals surface area contributed by atoms with Gasteiger partial charge in [0.15, 0.2) is 5.78 Å². The number of H-pyrrole nitrogens is 1. The molecule has 9 heteroatoms. The summed E-state index contributed by atoms with van der Waals surface area (Å²) in [7, 11) is 0. The van der Waals surface area contributed by atoms with Crippen LogP contribution in [0.15, 0.2) is 96.3 Å². The van der Waals surface area contributed by atoms with Crippen molar-refractivity contribution in [3.63, 3.8) is 0 Å². The Kier molecular flexibility index (Phi) is 10.7. The predicted molar refractivity (Wildman–Crippen MR) is 184 cm³/mol. The standard InChI is InChI=1S/C36H36N4O3S2/c1-3-9-26(31(41)22-37)20-24(2)40-35(43)33(21-34(42)38-19-18-27-23-39-30-13-8-7-12-29(27)30)45-36(40)32-17-16-28(44-32)15-14-25-10-5-4-6-11-25/h4-13,16-17,20,23,33,36,39H,3,18-19,21-22,37H2,1-2H3,(H,38,42)/b24-20+,26-9+. The van der Waals surface area contributed by atoms with Crippen LogP contribution in [-0.2, 0) is 20.8 Å². The maximum atomic E-state index is 13.9. The van der Waals surface area contributed by atoms with Gasteiger partial charge in [-0.25, -0.2) is 0 Å². The predicted octanol–water partition coefficient (Wildman–Crippen LogP) is 6.09. The first kappa shape index (κ1) is 32.0. The number of hydrogen-bond donors (Lipinski definition) is 3. The molecule has 1 saturated heterocycles. The Balaban J connectivity index is 1.33. The Bertz CT molecular complexity index is 1810. The van der Waals surface area contributed by atoms with Crippen LogP contribution in [-0.4, -0.2) is 45.8 Å². The minimum absolute atomic E-state index is 0.0586. The maximum absolute atomic E-state index is 13.9. The minimum atomic E-state index is -0.573. The Morgan fingerprint density at radius 2 is 1.84 bits per heavy atom. The monoisotopic (exact) mass is 636 g/mol. The van der Waals surface area contributed by atoms with Crippen LogP contribution >= 0.6 is 23.1 Å². The number of carbonyl (C=O) groups is 3. The Morgan fingerprint density at radius 1 is 1.07 bits per heavy atom. The number of nitrogens with zero attached hydrogens (tertiary/aromatic N) is 1. The summed E-state index contributed by atoms with van der Waals surface area (Å²) in [6, 6.07) is 21.8. The van der Waals surface area contributed by atoms with Gasteiger partial charge in [-0.15, -0.1) is 23.1 Å². The van der Waals surface area contributed by atoms with Crippen LogP contribution in [0.2, 0.25) is 0 Å². The number of thiophene rings is 1. The number of fused-ring (bicyclic) bond motifs is 1. The number of nitrogens with two attached hydrogens (primary N) is 1. The van der Waals surface area contributed by atoms with Gasteiger partial charge >= 0.3 is 0 Å². The van der Waals surface area contributed by atoms with E-state index in [4.69, 9.17) is 5.73 Å². The molecular formula is C36H36N4O3S2. The molecule has 7 nitrogen and oxygen atoms in total. The average molecular weight is 637 g/mol. The second-order valence-electron chi connectivity index (χ2n) is 10.6. The Labute approximate surface area is 272 Å². The topological polar surface area (TPSA) is 108 Å². The van der Waals surface area contributed by atoms with Crippen molar-refractivity contribution in [3.8, 4) is 11.8 Å². The number of allylic oxidation sites excluding steroid dienone is 3. The molecule has 0 bridgehead atoms. The van der Waals surface area contributed by atoms with E-state index in [1.807, 2.05) is 86.8 Å². The molecule has 0 radical (unpaired) electrons. The molecule has 45 heavy (non-hydrogen) atoms. The number of para-hydroxylation sites is 1. The number of Topliss-reactive ketones (excluding diaryl/α,β-unsaturated/α-hetero) is 1. The van der Waals surface area contributed by atoms with Gasteiger partial charge in [-0.1, -0.05) is 61.2 Å². The number of amides is 2. The summed E-state index contributed by atoms with van der Waals surface area (Å²) in [5, 5.41) is 3.22. The van der Waals surface area contributed by atoms with Crippen molar-refractivity contribution < 1.29 is 14.4 Å². The smallest absolute Gasteiger partial charge is 0.241 e. The number of thioether (sulfide) groups is 1. The minimum Gasteiger partial charge on any atom is -0.361 e. The molecule has 1 aliphatic rings. The fourth-order valence-electron chi connectivity index (χ4n) is 5.24. The maximum Gasteiger partial charge on any atom is 0.241 e. The summed E-state index contributed by atoms with van der Waals surface area (Å²) in [6.07, 6.45) is 6.93. The van der Waals surface area contributed by atoms with E-state index < -0.39 is 5.25 Å². The quantitative estimate of drug-likeness (QED) is 0.105. The van der Waals surface area contributed by atoms with E-state index in [1.165, 1.54) is 23.1 Å². The number of rotatable bonds is 11. The van der Waals surface area contributed by atoms with Gasteiger partial charge in [-0.3, -0.25) is 19.3 Å². The van der Waals surface area contributed by atoms with E-state index >= 15 is 0 Å². The number of hydrogen-bond acceptors (Lipinski definition) is 6. The van der Waals surface area contributed by atoms with Crippen molar-refractivity contribution >= 4 is 51.6 Å². The highest BCUT2D eigenvalue weighted by Crippen LogP contribution is 2.48. The molecule has 2 unspecified atom stereocenters. The van der Waals surface area contributed by atoms with Crippen LogP contribution in [0.25, 0.3) is 10.9 Å². The van der Waals surface area contributed by atoms with Crippen LogP contribution in [0.1, 0.15) is 52.9 Å². The van der Waals surface area contributed by atoms with Gasteiger partial charge in [0.25, 0.3) is 0 Å². The van der Waals surface area contributed by atoms with Crippen molar-refractivity contribution in [2.24, 2.45) is 5.73 Å². The largest absolute Gasteiger partial charge is 0.361 e. The van der Waals surface area contributed by atoms with Gasteiger partial charge in [-0.2, -0.15) is 0 Å². The lowest BCUT2D eigenvalue weighted by molar-refractivity contribution is -0.130. The lowest BCUT2D eigenvalue weighted by atomic mass is 10.1. The van der Waals surface area contributed by atoms with E-state index in [0.29, 0.717) is 30.7 Å². The molecule has 5 rings (SSSR count). The fourth-order valence-corrected chi connectivity index (χ4v) is 7.78. The van der Waals surface area contributed by atoms with Crippen molar-refractivity contribution in [2.45, 2.75) is 43.7 Å². The summed E-state index contributed by atoms with van der Waals surface area (Å²) < 4.78 is 0. The molecule has 230 valence electrons. The number of aromatic amines is 1. The van der Waals surface area contributed by atoms with Gasteiger partial charge in [0.1, 0.15) is 5.37 Å². The molecule has 1 aliphatic heterocycles. The normalized spacial score (nSPS) is 17.0. The molecule has 2 aromatic carbocycles. The number of benzene rings is 2.